The van der Waals surface area contributed by atoms with Crippen LogP contribution in [0.25, 0.3) is 11.0 Å². The van der Waals surface area contributed by atoms with E-state index >= 15 is 0 Å². The molecule has 0 aliphatic carbocycles. The highest BCUT2D eigenvalue weighted by molar-refractivity contribution is 5.97. The third kappa shape index (κ3) is 2.90. The molecule has 1 aliphatic rings. The van der Waals surface area contributed by atoms with Gasteiger partial charge in [-0.2, -0.15) is 0 Å². The van der Waals surface area contributed by atoms with Gasteiger partial charge in [0.25, 0.3) is 0 Å². The molecule has 0 bridgehead atoms. The number of furan rings is 1. The molecule has 4 heteroatoms. The Bertz CT molecular complexity index is 614. The molecule has 0 radical (unpaired) electrons. The SMILES string of the molecule is O=C(CCC1CCCNC1)c1cc2cc(F)ccc2o1. The Hall–Kier alpha value is -1.68. The number of hydrogen-bond acceptors (Lipinski definition) is 3. The second-order valence-electron chi connectivity index (χ2n) is 5.47. The lowest BCUT2D eigenvalue weighted by Crippen LogP contribution is -2.29. The zero-order valence-electron chi connectivity index (χ0n) is 11.3. The van der Waals surface area contributed by atoms with E-state index in [-0.39, 0.29) is 11.6 Å². The van der Waals surface area contributed by atoms with Gasteiger partial charge < -0.3 is 9.73 Å². The zero-order chi connectivity index (χ0) is 13.9. The maximum atomic E-state index is 13.1. The van der Waals surface area contributed by atoms with Gasteiger partial charge in [-0.3, -0.25) is 4.79 Å². The third-order valence-electron chi connectivity index (χ3n) is 3.93. The minimum atomic E-state index is -0.314. The van der Waals surface area contributed by atoms with Crippen molar-refractivity contribution >= 4 is 16.8 Å². The Morgan fingerprint density at radius 2 is 2.30 bits per heavy atom. The van der Waals surface area contributed by atoms with Gasteiger partial charge in [-0.15, -0.1) is 0 Å². The van der Waals surface area contributed by atoms with Crippen molar-refractivity contribution in [3.63, 3.8) is 0 Å². The van der Waals surface area contributed by atoms with Crippen LogP contribution in [0.4, 0.5) is 4.39 Å². The third-order valence-corrected chi connectivity index (χ3v) is 3.93. The van der Waals surface area contributed by atoms with Gasteiger partial charge in [0.05, 0.1) is 0 Å². The molecule has 106 valence electrons. The topological polar surface area (TPSA) is 42.2 Å². The number of hydrogen-bond donors (Lipinski definition) is 1. The molecular formula is C16H18FNO2. The molecule has 1 fully saturated rings. The molecule has 1 aliphatic heterocycles. The Morgan fingerprint density at radius 3 is 3.10 bits per heavy atom. The minimum Gasteiger partial charge on any atom is -0.453 e. The molecule has 1 N–H and O–H groups in total. The summed E-state index contributed by atoms with van der Waals surface area (Å²) >= 11 is 0. The Morgan fingerprint density at radius 1 is 1.40 bits per heavy atom. The van der Waals surface area contributed by atoms with Crippen LogP contribution in [-0.2, 0) is 0 Å². The van der Waals surface area contributed by atoms with Crippen LogP contribution in [-0.4, -0.2) is 18.9 Å². The van der Waals surface area contributed by atoms with Gasteiger partial charge in [0, 0.05) is 11.8 Å². The second kappa shape index (κ2) is 5.75. The van der Waals surface area contributed by atoms with E-state index in [0.717, 1.165) is 19.5 Å². The van der Waals surface area contributed by atoms with Crippen LogP contribution < -0.4 is 5.32 Å². The first-order valence-corrected chi connectivity index (χ1v) is 7.15. The van der Waals surface area contributed by atoms with Gasteiger partial charge >= 0.3 is 0 Å². The van der Waals surface area contributed by atoms with Gasteiger partial charge in [0.2, 0.25) is 0 Å². The standard InChI is InChI=1S/C16H18FNO2/c17-13-4-6-15-12(8-13)9-16(20-15)14(19)5-3-11-2-1-7-18-10-11/h4,6,8-9,11,18H,1-3,5,7,10H2. The number of nitrogens with one attached hydrogen (secondary N) is 1. The molecule has 0 saturated carbocycles. The summed E-state index contributed by atoms with van der Waals surface area (Å²) in [5.41, 5.74) is 0.564. The molecule has 0 amide bonds. The molecule has 3 rings (SSSR count). The monoisotopic (exact) mass is 275 g/mol. The number of halogens is 1. The highest BCUT2D eigenvalue weighted by Gasteiger charge is 2.17. The summed E-state index contributed by atoms with van der Waals surface area (Å²) in [6.45, 7) is 2.08. The number of ketones is 1. The van der Waals surface area contributed by atoms with Crippen LogP contribution in [0.15, 0.2) is 28.7 Å². The van der Waals surface area contributed by atoms with Crippen LogP contribution in [0.1, 0.15) is 36.2 Å². The molecule has 1 atom stereocenters. The normalized spacial score (nSPS) is 19.4. The largest absolute Gasteiger partial charge is 0.453 e. The molecule has 1 aromatic heterocycles. The van der Waals surface area contributed by atoms with Crippen molar-refractivity contribution in [1.82, 2.24) is 5.32 Å². The van der Waals surface area contributed by atoms with Crippen LogP contribution >= 0.6 is 0 Å². The van der Waals surface area contributed by atoms with E-state index in [2.05, 4.69) is 5.32 Å². The van der Waals surface area contributed by atoms with Crippen molar-refractivity contribution in [2.24, 2.45) is 5.92 Å². The molecule has 0 spiro atoms. The van der Waals surface area contributed by atoms with Gasteiger partial charge in [0.15, 0.2) is 11.5 Å². The van der Waals surface area contributed by atoms with E-state index in [4.69, 9.17) is 4.42 Å². The summed E-state index contributed by atoms with van der Waals surface area (Å²) in [5, 5.41) is 4.00. The first-order valence-electron chi connectivity index (χ1n) is 7.15. The number of rotatable bonds is 4. The lowest BCUT2D eigenvalue weighted by Gasteiger charge is -2.21. The highest BCUT2D eigenvalue weighted by atomic mass is 19.1. The predicted molar refractivity (Wildman–Crippen MR) is 75.3 cm³/mol. The summed E-state index contributed by atoms with van der Waals surface area (Å²) in [6, 6.07) is 5.93. The van der Waals surface area contributed by atoms with Crippen molar-refractivity contribution in [2.75, 3.05) is 13.1 Å². The summed E-state index contributed by atoms with van der Waals surface area (Å²) in [6.07, 6.45) is 3.75. The van der Waals surface area contributed by atoms with Crippen molar-refractivity contribution < 1.29 is 13.6 Å². The van der Waals surface area contributed by atoms with Crippen molar-refractivity contribution in [3.8, 4) is 0 Å². The highest BCUT2D eigenvalue weighted by Crippen LogP contribution is 2.23. The van der Waals surface area contributed by atoms with E-state index in [9.17, 15) is 9.18 Å². The summed E-state index contributed by atoms with van der Waals surface area (Å²) in [5.74, 6) is 0.613. The van der Waals surface area contributed by atoms with Crippen molar-refractivity contribution in [2.45, 2.75) is 25.7 Å². The second-order valence-corrected chi connectivity index (χ2v) is 5.47. The fourth-order valence-electron chi connectivity index (χ4n) is 2.78. The lowest BCUT2D eigenvalue weighted by molar-refractivity contribution is 0.0946. The summed E-state index contributed by atoms with van der Waals surface area (Å²) in [7, 11) is 0. The number of Topliss-reactive ketones (excluding diaryl/α,β-unsaturated/α-hetero) is 1. The quantitative estimate of drug-likeness (QED) is 0.868. The minimum absolute atomic E-state index is 0.00665. The van der Waals surface area contributed by atoms with E-state index in [1.165, 1.54) is 25.0 Å². The molecule has 20 heavy (non-hydrogen) atoms. The Kier molecular flexibility index (Phi) is 3.83. The van der Waals surface area contributed by atoms with E-state index in [1.54, 1.807) is 12.1 Å². The fraction of sp³-hybridized carbons (Fsp3) is 0.438. The van der Waals surface area contributed by atoms with Crippen molar-refractivity contribution in [1.29, 1.82) is 0 Å². The number of fused-ring (bicyclic) bond motifs is 1. The summed E-state index contributed by atoms with van der Waals surface area (Å²) < 4.78 is 18.6. The van der Waals surface area contributed by atoms with Crippen LogP contribution in [0.5, 0.6) is 0 Å². The average molecular weight is 275 g/mol. The fourth-order valence-corrected chi connectivity index (χ4v) is 2.78. The molecule has 2 heterocycles. The summed E-state index contributed by atoms with van der Waals surface area (Å²) in [4.78, 5) is 12.1. The Labute approximate surface area is 117 Å². The van der Waals surface area contributed by atoms with Crippen LogP contribution in [0.3, 0.4) is 0 Å². The molecule has 2 aromatic rings. The molecule has 1 unspecified atom stereocenters. The van der Waals surface area contributed by atoms with Gasteiger partial charge in [-0.25, -0.2) is 4.39 Å². The maximum Gasteiger partial charge on any atom is 0.198 e. The molecular weight excluding hydrogens is 257 g/mol. The van der Waals surface area contributed by atoms with Gasteiger partial charge in [-0.1, -0.05) is 0 Å². The lowest BCUT2D eigenvalue weighted by atomic mass is 9.93. The smallest absolute Gasteiger partial charge is 0.198 e. The molecule has 1 aromatic carbocycles. The van der Waals surface area contributed by atoms with Crippen LogP contribution in [0, 0.1) is 11.7 Å². The maximum absolute atomic E-state index is 13.1. The first kappa shape index (κ1) is 13.3. The number of piperidine rings is 1. The van der Waals surface area contributed by atoms with E-state index in [0.29, 0.717) is 29.1 Å². The zero-order valence-corrected chi connectivity index (χ0v) is 11.3. The van der Waals surface area contributed by atoms with Crippen molar-refractivity contribution in [3.05, 3.63) is 35.8 Å². The van der Waals surface area contributed by atoms with Crippen LogP contribution in [0.2, 0.25) is 0 Å². The number of carbonyl (C=O) groups excluding carboxylic acids is 1. The Balaban J connectivity index is 1.65. The predicted octanol–water partition coefficient (Wildman–Crippen LogP) is 3.53. The number of carbonyl (C=O) groups is 1. The molecule has 3 nitrogen and oxygen atoms in total. The van der Waals surface area contributed by atoms with E-state index in [1.807, 2.05) is 0 Å². The number of benzene rings is 1. The average Bonchev–Trinajstić information content (AvgIpc) is 2.89. The first-order chi connectivity index (χ1) is 9.72. The molecule has 1 saturated heterocycles. The van der Waals surface area contributed by atoms with Gasteiger partial charge in [-0.05, 0) is 62.5 Å². The van der Waals surface area contributed by atoms with Gasteiger partial charge in [0.1, 0.15) is 11.4 Å². The van der Waals surface area contributed by atoms with E-state index < -0.39 is 0 Å².